The first kappa shape index (κ1) is 7.03. The zero-order valence-corrected chi connectivity index (χ0v) is 6.24. The van der Waals surface area contributed by atoms with E-state index in [9.17, 15) is 0 Å². The Hall–Kier alpha value is -0.0800. The van der Waals surface area contributed by atoms with Gasteiger partial charge in [-0.15, -0.1) is 0 Å². The quantitative estimate of drug-likeness (QED) is 0.616. The summed E-state index contributed by atoms with van der Waals surface area (Å²) in [4.78, 5) is 0. The molecule has 0 bridgehead atoms. The van der Waals surface area contributed by atoms with Crippen molar-refractivity contribution >= 4 is 0 Å². The molecule has 0 aromatic rings. The van der Waals surface area contributed by atoms with Crippen LogP contribution in [0, 0.1) is 0 Å². The standard InChI is InChI=1S/C7H15NO/c1-3-7(9-4-2)5-6-8-7/h8H,3-6H2,1-2H3. The summed E-state index contributed by atoms with van der Waals surface area (Å²) in [5.41, 5.74) is 0.0642. The van der Waals surface area contributed by atoms with Gasteiger partial charge in [-0.1, -0.05) is 6.92 Å². The van der Waals surface area contributed by atoms with E-state index in [0.717, 1.165) is 19.6 Å². The van der Waals surface area contributed by atoms with Crippen LogP contribution in [0.3, 0.4) is 0 Å². The van der Waals surface area contributed by atoms with E-state index in [4.69, 9.17) is 4.74 Å². The summed E-state index contributed by atoms with van der Waals surface area (Å²) in [6, 6.07) is 0. The van der Waals surface area contributed by atoms with Crippen LogP contribution < -0.4 is 5.32 Å². The van der Waals surface area contributed by atoms with Crippen LogP contribution >= 0.6 is 0 Å². The molecule has 0 amide bonds. The average molecular weight is 129 g/mol. The minimum atomic E-state index is 0.0642. The first-order valence-corrected chi connectivity index (χ1v) is 3.72. The van der Waals surface area contributed by atoms with Crippen molar-refractivity contribution in [2.24, 2.45) is 0 Å². The van der Waals surface area contributed by atoms with Crippen LogP contribution in [0.5, 0.6) is 0 Å². The van der Waals surface area contributed by atoms with E-state index >= 15 is 0 Å². The first-order chi connectivity index (χ1) is 4.33. The molecule has 1 atom stereocenters. The molecule has 1 unspecified atom stereocenters. The third-order valence-electron chi connectivity index (χ3n) is 1.97. The minimum absolute atomic E-state index is 0.0642. The maximum absolute atomic E-state index is 5.50. The van der Waals surface area contributed by atoms with Crippen LogP contribution in [0.2, 0.25) is 0 Å². The monoisotopic (exact) mass is 129 g/mol. The van der Waals surface area contributed by atoms with Crippen molar-refractivity contribution in [3.63, 3.8) is 0 Å². The van der Waals surface area contributed by atoms with Crippen molar-refractivity contribution in [2.75, 3.05) is 13.2 Å². The van der Waals surface area contributed by atoms with Crippen molar-refractivity contribution in [3.8, 4) is 0 Å². The summed E-state index contributed by atoms with van der Waals surface area (Å²) in [5, 5.41) is 3.29. The number of hydrogen-bond acceptors (Lipinski definition) is 2. The normalized spacial score (nSPS) is 34.0. The van der Waals surface area contributed by atoms with Crippen molar-refractivity contribution < 1.29 is 4.74 Å². The van der Waals surface area contributed by atoms with Gasteiger partial charge in [0.05, 0.1) is 0 Å². The second-order valence-electron chi connectivity index (χ2n) is 2.46. The molecule has 1 fully saturated rings. The Labute approximate surface area is 56.6 Å². The van der Waals surface area contributed by atoms with E-state index < -0.39 is 0 Å². The van der Waals surface area contributed by atoms with E-state index in [-0.39, 0.29) is 5.72 Å². The zero-order valence-electron chi connectivity index (χ0n) is 6.24. The molecule has 0 aromatic heterocycles. The molecule has 1 rings (SSSR count). The molecule has 1 saturated heterocycles. The Morgan fingerprint density at radius 2 is 2.22 bits per heavy atom. The third kappa shape index (κ3) is 1.25. The maximum atomic E-state index is 5.50. The largest absolute Gasteiger partial charge is 0.361 e. The minimum Gasteiger partial charge on any atom is -0.361 e. The lowest BCUT2D eigenvalue weighted by atomic mass is 9.99. The third-order valence-corrected chi connectivity index (χ3v) is 1.97. The van der Waals surface area contributed by atoms with E-state index in [1.165, 1.54) is 6.42 Å². The second-order valence-corrected chi connectivity index (χ2v) is 2.46. The van der Waals surface area contributed by atoms with Crippen molar-refractivity contribution in [3.05, 3.63) is 0 Å². The van der Waals surface area contributed by atoms with Gasteiger partial charge in [0.15, 0.2) is 0 Å². The molecule has 2 heteroatoms. The summed E-state index contributed by atoms with van der Waals surface area (Å²) in [6.07, 6.45) is 2.26. The van der Waals surface area contributed by atoms with Gasteiger partial charge in [-0.05, 0) is 13.3 Å². The lowest BCUT2D eigenvalue weighted by Gasteiger charge is -2.42. The van der Waals surface area contributed by atoms with Crippen LogP contribution in [0.4, 0.5) is 0 Å². The van der Waals surface area contributed by atoms with Crippen molar-refractivity contribution in [2.45, 2.75) is 32.4 Å². The highest BCUT2D eigenvalue weighted by Gasteiger charge is 2.34. The number of nitrogens with one attached hydrogen (secondary N) is 1. The summed E-state index contributed by atoms with van der Waals surface area (Å²) < 4.78 is 5.50. The smallest absolute Gasteiger partial charge is 0.120 e. The fourth-order valence-corrected chi connectivity index (χ4v) is 1.21. The van der Waals surface area contributed by atoms with Crippen molar-refractivity contribution in [1.82, 2.24) is 5.32 Å². The SMILES string of the molecule is CCOC1(CC)CCN1. The molecule has 0 aromatic carbocycles. The predicted octanol–water partition coefficient (Wildman–Crippen LogP) is 1.12. The Balaban J connectivity index is 2.28. The molecule has 0 saturated carbocycles. The number of hydrogen-bond donors (Lipinski definition) is 1. The van der Waals surface area contributed by atoms with Gasteiger partial charge in [-0.2, -0.15) is 0 Å². The first-order valence-electron chi connectivity index (χ1n) is 3.72. The van der Waals surface area contributed by atoms with Crippen LogP contribution in [0.15, 0.2) is 0 Å². The predicted molar refractivity (Wildman–Crippen MR) is 37.3 cm³/mol. The summed E-state index contributed by atoms with van der Waals surface area (Å²) in [7, 11) is 0. The van der Waals surface area contributed by atoms with Gasteiger partial charge >= 0.3 is 0 Å². The molecule has 0 aliphatic carbocycles. The van der Waals surface area contributed by atoms with Crippen LogP contribution in [-0.2, 0) is 4.74 Å². The van der Waals surface area contributed by atoms with Gasteiger partial charge in [0, 0.05) is 19.6 Å². The average Bonchev–Trinajstić information content (AvgIpc) is 1.79. The van der Waals surface area contributed by atoms with Gasteiger partial charge in [0.2, 0.25) is 0 Å². The Morgan fingerprint density at radius 1 is 1.56 bits per heavy atom. The lowest BCUT2D eigenvalue weighted by molar-refractivity contribution is -0.114. The van der Waals surface area contributed by atoms with Gasteiger partial charge in [-0.25, -0.2) is 0 Å². The fraction of sp³-hybridized carbons (Fsp3) is 1.00. The highest BCUT2D eigenvalue weighted by atomic mass is 16.5. The summed E-state index contributed by atoms with van der Waals surface area (Å²) >= 11 is 0. The molecule has 0 radical (unpaired) electrons. The second kappa shape index (κ2) is 2.67. The Bertz CT molecular complexity index is 83.4. The van der Waals surface area contributed by atoms with Gasteiger partial charge in [0.1, 0.15) is 5.72 Å². The van der Waals surface area contributed by atoms with Gasteiger partial charge < -0.3 is 4.74 Å². The Morgan fingerprint density at radius 3 is 2.33 bits per heavy atom. The number of ether oxygens (including phenoxy) is 1. The van der Waals surface area contributed by atoms with Crippen LogP contribution in [0.25, 0.3) is 0 Å². The topological polar surface area (TPSA) is 21.3 Å². The molecule has 1 aliphatic heterocycles. The lowest BCUT2D eigenvalue weighted by Crippen LogP contribution is -2.58. The maximum Gasteiger partial charge on any atom is 0.120 e. The van der Waals surface area contributed by atoms with Crippen LogP contribution in [-0.4, -0.2) is 18.9 Å². The highest BCUT2D eigenvalue weighted by Crippen LogP contribution is 2.23. The van der Waals surface area contributed by atoms with Gasteiger partial charge in [0.25, 0.3) is 0 Å². The molecule has 1 aliphatic rings. The van der Waals surface area contributed by atoms with E-state index in [0.29, 0.717) is 0 Å². The summed E-state index contributed by atoms with van der Waals surface area (Å²) in [6.45, 7) is 6.13. The zero-order chi connectivity index (χ0) is 6.74. The molecule has 9 heavy (non-hydrogen) atoms. The number of rotatable bonds is 3. The molecule has 0 spiro atoms. The van der Waals surface area contributed by atoms with E-state index in [2.05, 4.69) is 12.2 Å². The van der Waals surface area contributed by atoms with E-state index in [1.54, 1.807) is 0 Å². The van der Waals surface area contributed by atoms with E-state index in [1.807, 2.05) is 6.92 Å². The molecule has 54 valence electrons. The highest BCUT2D eigenvalue weighted by molar-refractivity contribution is 4.86. The Kier molecular flexibility index (Phi) is 2.09. The van der Waals surface area contributed by atoms with Crippen molar-refractivity contribution in [1.29, 1.82) is 0 Å². The van der Waals surface area contributed by atoms with Crippen LogP contribution in [0.1, 0.15) is 26.7 Å². The molecule has 1 heterocycles. The molecular formula is C7H15NO. The fourth-order valence-electron chi connectivity index (χ4n) is 1.21. The van der Waals surface area contributed by atoms with Gasteiger partial charge in [-0.3, -0.25) is 5.32 Å². The summed E-state index contributed by atoms with van der Waals surface area (Å²) in [5.74, 6) is 0. The molecule has 2 nitrogen and oxygen atoms in total. The molecular weight excluding hydrogens is 114 g/mol. The molecule has 1 N–H and O–H groups in total.